The smallest absolute Gasteiger partial charge is 0.341 e. The highest BCUT2D eigenvalue weighted by atomic mass is 19.1. The summed E-state index contributed by atoms with van der Waals surface area (Å²) in [5.41, 5.74) is -0.0110. The lowest BCUT2D eigenvalue weighted by molar-refractivity contribution is 0.0691. The fraction of sp³-hybridized carbons (Fsp3) is 0.278. The summed E-state index contributed by atoms with van der Waals surface area (Å²) in [6.07, 6.45) is 1.09. The molecule has 0 saturated carbocycles. The van der Waals surface area contributed by atoms with Crippen molar-refractivity contribution < 1.29 is 19.1 Å². The van der Waals surface area contributed by atoms with E-state index in [0.717, 1.165) is 24.0 Å². The molecule has 0 atom stereocenters. The second kappa shape index (κ2) is 6.51. The number of rotatable bonds is 3. The second-order valence-corrected chi connectivity index (χ2v) is 6.28. The summed E-state index contributed by atoms with van der Waals surface area (Å²) in [5.74, 6) is -1.78. The molecular weight excluding hydrogens is 355 g/mol. The SMILES string of the molecule is COn1cc(C(=O)O)c(=O)c2cc3cc(F)c(N4CCNCC4)cc3nc21. The number of nitrogens with one attached hydrogen (secondary N) is 1. The Bertz CT molecular complexity index is 1120. The predicted octanol–water partition coefficient (Wildman–Crippen LogP) is 0.855. The number of piperazine rings is 1. The minimum Gasteiger partial charge on any atom is -0.477 e. The average molecular weight is 372 g/mol. The molecular formula is C18H17FN4O4. The molecule has 0 spiro atoms. The maximum absolute atomic E-state index is 14.7. The van der Waals surface area contributed by atoms with Crippen molar-refractivity contribution in [2.24, 2.45) is 0 Å². The molecule has 140 valence electrons. The molecule has 27 heavy (non-hydrogen) atoms. The summed E-state index contributed by atoms with van der Waals surface area (Å²) < 4.78 is 15.8. The van der Waals surface area contributed by atoms with E-state index < -0.39 is 22.8 Å². The molecule has 0 unspecified atom stereocenters. The number of hydrogen-bond acceptors (Lipinski definition) is 6. The Balaban J connectivity index is 1.98. The van der Waals surface area contributed by atoms with Crippen molar-refractivity contribution in [2.75, 3.05) is 38.2 Å². The van der Waals surface area contributed by atoms with Crippen molar-refractivity contribution in [1.29, 1.82) is 0 Å². The molecule has 0 aliphatic carbocycles. The van der Waals surface area contributed by atoms with E-state index in [0.29, 0.717) is 29.7 Å². The van der Waals surface area contributed by atoms with Crippen LogP contribution in [0.4, 0.5) is 10.1 Å². The van der Waals surface area contributed by atoms with E-state index in [2.05, 4.69) is 10.3 Å². The van der Waals surface area contributed by atoms with Gasteiger partial charge in [-0.3, -0.25) is 4.79 Å². The van der Waals surface area contributed by atoms with E-state index >= 15 is 0 Å². The number of fused-ring (bicyclic) bond motifs is 2. The number of aromatic carboxylic acids is 1. The maximum atomic E-state index is 14.7. The molecule has 1 saturated heterocycles. The molecule has 2 aromatic heterocycles. The quantitative estimate of drug-likeness (QED) is 0.658. The van der Waals surface area contributed by atoms with Crippen molar-refractivity contribution in [3.05, 3.63) is 46.0 Å². The first-order valence-electron chi connectivity index (χ1n) is 8.42. The molecule has 4 rings (SSSR count). The first-order chi connectivity index (χ1) is 13.0. The van der Waals surface area contributed by atoms with Crippen molar-refractivity contribution >= 4 is 33.6 Å². The molecule has 3 heterocycles. The highest BCUT2D eigenvalue weighted by Gasteiger charge is 2.19. The van der Waals surface area contributed by atoms with Crippen LogP contribution in [0.15, 0.2) is 29.2 Å². The van der Waals surface area contributed by atoms with Crippen LogP contribution in [0.25, 0.3) is 21.9 Å². The average Bonchev–Trinajstić information content (AvgIpc) is 2.67. The van der Waals surface area contributed by atoms with E-state index in [-0.39, 0.29) is 11.0 Å². The summed E-state index contributed by atoms with van der Waals surface area (Å²) in [5, 5.41) is 12.9. The van der Waals surface area contributed by atoms with E-state index in [9.17, 15) is 19.1 Å². The van der Waals surface area contributed by atoms with Gasteiger partial charge in [0.1, 0.15) is 18.5 Å². The number of hydrogen-bond donors (Lipinski definition) is 2. The van der Waals surface area contributed by atoms with Gasteiger partial charge in [0, 0.05) is 31.6 Å². The molecule has 9 heteroatoms. The number of halogens is 1. The molecule has 0 radical (unpaired) electrons. The molecule has 1 aliphatic heterocycles. The van der Waals surface area contributed by atoms with Crippen molar-refractivity contribution in [3.63, 3.8) is 0 Å². The summed E-state index contributed by atoms with van der Waals surface area (Å²) in [4.78, 5) is 35.3. The van der Waals surface area contributed by atoms with Gasteiger partial charge in [0.05, 0.1) is 22.8 Å². The Hall–Kier alpha value is -3.20. The molecule has 0 amide bonds. The van der Waals surface area contributed by atoms with Crippen molar-refractivity contribution in [3.8, 4) is 0 Å². The van der Waals surface area contributed by atoms with Gasteiger partial charge in [0.2, 0.25) is 5.43 Å². The monoisotopic (exact) mass is 372 g/mol. The van der Waals surface area contributed by atoms with Crippen LogP contribution in [0.2, 0.25) is 0 Å². The van der Waals surface area contributed by atoms with Gasteiger partial charge in [0.15, 0.2) is 5.65 Å². The number of anilines is 1. The zero-order valence-corrected chi connectivity index (χ0v) is 14.5. The van der Waals surface area contributed by atoms with Crippen LogP contribution in [-0.4, -0.2) is 54.1 Å². The largest absolute Gasteiger partial charge is 0.477 e. The van der Waals surface area contributed by atoms with Gasteiger partial charge in [-0.2, -0.15) is 4.73 Å². The first-order valence-corrected chi connectivity index (χ1v) is 8.42. The summed E-state index contributed by atoms with van der Waals surface area (Å²) in [6, 6.07) is 4.42. The standard InChI is InChI=1S/C18H17FN4O4/c1-27-23-9-12(18(25)26)16(24)11-6-10-7-13(19)15(8-14(10)21-17(11)23)22-4-2-20-3-5-22/h6-9,20H,2-5H2,1H3,(H,25,26). The Morgan fingerprint density at radius 1 is 1.30 bits per heavy atom. The zero-order valence-electron chi connectivity index (χ0n) is 14.5. The molecule has 2 N–H and O–H groups in total. The Morgan fingerprint density at radius 2 is 2.04 bits per heavy atom. The number of pyridine rings is 2. The fourth-order valence-corrected chi connectivity index (χ4v) is 3.33. The molecule has 1 aliphatic rings. The van der Waals surface area contributed by atoms with Crippen LogP contribution in [0, 0.1) is 5.82 Å². The predicted molar refractivity (Wildman–Crippen MR) is 98.0 cm³/mol. The topological polar surface area (TPSA) is 96.7 Å². The molecule has 1 aromatic carbocycles. The Morgan fingerprint density at radius 3 is 2.70 bits per heavy atom. The zero-order chi connectivity index (χ0) is 19.1. The van der Waals surface area contributed by atoms with Crippen LogP contribution < -0.4 is 20.5 Å². The van der Waals surface area contributed by atoms with Gasteiger partial charge < -0.3 is 20.2 Å². The number of aromatic nitrogens is 2. The normalized spacial score (nSPS) is 14.7. The van der Waals surface area contributed by atoms with E-state index in [1.165, 1.54) is 19.2 Å². The van der Waals surface area contributed by atoms with Crippen molar-refractivity contribution in [1.82, 2.24) is 15.0 Å². The van der Waals surface area contributed by atoms with Gasteiger partial charge >= 0.3 is 5.97 Å². The third-order valence-corrected chi connectivity index (χ3v) is 4.69. The lowest BCUT2D eigenvalue weighted by Crippen LogP contribution is -2.43. The van der Waals surface area contributed by atoms with Crippen LogP contribution in [0.3, 0.4) is 0 Å². The van der Waals surface area contributed by atoms with E-state index in [1.807, 2.05) is 4.90 Å². The summed E-state index contributed by atoms with van der Waals surface area (Å²) >= 11 is 0. The third kappa shape index (κ3) is 2.85. The molecule has 3 aromatic rings. The van der Waals surface area contributed by atoms with Gasteiger partial charge in [0.25, 0.3) is 0 Å². The Labute approximate surface area is 152 Å². The third-order valence-electron chi connectivity index (χ3n) is 4.69. The lowest BCUT2D eigenvalue weighted by Gasteiger charge is -2.29. The van der Waals surface area contributed by atoms with E-state index in [4.69, 9.17) is 4.84 Å². The van der Waals surface area contributed by atoms with Gasteiger partial charge in [-0.15, -0.1) is 0 Å². The fourth-order valence-electron chi connectivity index (χ4n) is 3.33. The molecule has 8 nitrogen and oxygen atoms in total. The summed E-state index contributed by atoms with van der Waals surface area (Å²) in [7, 11) is 1.35. The van der Waals surface area contributed by atoms with Gasteiger partial charge in [-0.1, -0.05) is 0 Å². The highest BCUT2D eigenvalue weighted by Crippen LogP contribution is 2.27. The van der Waals surface area contributed by atoms with Crippen LogP contribution in [0.5, 0.6) is 0 Å². The van der Waals surface area contributed by atoms with Crippen molar-refractivity contribution in [2.45, 2.75) is 0 Å². The second-order valence-electron chi connectivity index (χ2n) is 6.28. The number of carboxylic acid groups (broad SMARTS) is 1. The van der Waals surface area contributed by atoms with Crippen LogP contribution in [0.1, 0.15) is 10.4 Å². The molecule has 0 bridgehead atoms. The van der Waals surface area contributed by atoms with Gasteiger partial charge in [-0.25, -0.2) is 14.2 Å². The minimum absolute atomic E-state index is 0.0542. The lowest BCUT2D eigenvalue weighted by atomic mass is 10.1. The highest BCUT2D eigenvalue weighted by molar-refractivity contribution is 5.96. The van der Waals surface area contributed by atoms with Crippen LogP contribution in [-0.2, 0) is 0 Å². The van der Waals surface area contributed by atoms with Gasteiger partial charge in [-0.05, 0) is 18.2 Å². The number of benzene rings is 1. The number of carbonyl (C=O) groups is 1. The summed E-state index contributed by atoms with van der Waals surface area (Å²) in [6.45, 7) is 2.90. The maximum Gasteiger partial charge on any atom is 0.341 e. The Kier molecular flexibility index (Phi) is 4.15. The number of nitrogens with zero attached hydrogens (tertiary/aromatic N) is 3. The first kappa shape index (κ1) is 17.2. The number of carboxylic acids is 1. The molecule has 1 fully saturated rings. The minimum atomic E-state index is -1.37. The van der Waals surface area contributed by atoms with Crippen LogP contribution >= 0.6 is 0 Å². The van der Waals surface area contributed by atoms with E-state index in [1.54, 1.807) is 6.07 Å².